The van der Waals surface area contributed by atoms with Crippen molar-refractivity contribution in [2.45, 2.75) is 26.2 Å². The SMILES string of the molecule is CC1CCC1.NC=O. The van der Waals surface area contributed by atoms with E-state index in [-0.39, 0.29) is 6.41 Å². The van der Waals surface area contributed by atoms with Crippen LogP contribution in [0.15, 0.2) is 0 Å². The van der Waals surface area contributed by atoms with Gasteiger partial charge in [0.2, 0.25) is 6.41 Å². The first-order chi connectivity index (χ1) is 3.81. The first-order valence-electron chi connectivity index (χ1n) is 2.96. The Kier molecular flexibility index (Phi) is 4.32. The molecule has 0 unspecified atom stereocenters. The predicted octanol–water partition coefficient (Wildman–Crippen LogP) is 0.908. The lowest BCUT2D eigenvalue weighted by Gasteiger charge is -2.18. The highest BCUT2D eigenvalue weighted by Crippen LogP contribution is 2.24. The van der Waals surface area contributed by atoms with Crippen LogP contribution >= 0.6 is 0 Å². The van der Waals surface area contributed by atoms with Crippen molar-refractivity contribution in [2.75, 3.05) is 0 Å². The number of amides is 1. The quantitative estimate of drug-likeness (QED) is 0.468. The lowest BCUT2D eigenvalue weighted by molar-refractivity contribution is -0.106. The molecular formula is C6H13NO. The van der Waals surface area contributed by atoms with E-state index in [0.29, 0.717) is 0 Å². The Morgan fingerprint density at radius 1 is 1.62 bits per heavy atom. The minimum Gasteiger partial charge on any atom is -0.372 e. The molecule has 0 atom stereocenters. The number of rotatable bonds is 0. The minimum atomic E-state index is 0.250. The molecule has 8 heavy (non-hydrogen) atoms. The summed E-state index contributed by atoms with van der Waals surface area (Å²) in [5, 5.41) is 0. The van der Waals surface area contributed by atoms with Crippen LogP contribution in [0.25, 0.3) is 0 Å². The zero-order chi connectivity index (χ0) is 6.41. The molecule has 1 aliphatic rings. The van der Waals surface area contributed by atoms with Gasteiger partial charge in [0.25, 0.3) is 0 Å². The van der Waals surface area contributed by atoms with Gasteiger partial charge in [-0.25, -0.2) is 0 Å². The molecule has 1 aliphatic carbocycles. The second kappa shape index (κ2) is 4.62. The average Bonchev–Trinajstić information content (AvgIpc) is 1.64. The molecule has 1 amide bonds. The average molecular weight is 115 g/mol. The van der Waals surface area contributed by atoms with Crippen LogP contribution in [0.2, 0.25) is 0 Å². The summed E-state index contributed by atoms with van der Waals surface area (Å²) in [6.45, 7) is 2.31. The monoisotopic (exact) mass is 115 g/mol. The molecule has 0 spiro atoms. The van der Waals surface area contributed by atoms with Crippen molar-refractivity contribution in [2.24, 2.45) is 11.7 Å². The van der Waals surface area contributed by atoms with Gasteiger partial charge in [-0.1, -0.05) is 26.2 Å². The standard InChI is InChI=1S/C5H10.CH3NO/c1-5-3-2-4-5;2-1-3/h5H,2-4H2,1H3;1H,(H2,2,3). The van der Waals surface area contributed by atoms with Crippen molar-refractivity contribution in [3.05, 3.63) is 0 Å². The van der Waals surface area contributed by atoms with Crippen molar-refractivity contribution in [1.29, 1.82) is 0 Å². The van der Waals surface area contributed by atoms with E-state index in [9.17, 15) is 0 Å². The fourth-order valence-corrected chi connectivity index (χ4v) is 0.612. The molecule has 0 radical (unpaired) electrons. The normalized spacial score (nSPS) is 17.6. The number of carbonyl (C=O) groups excluding carboxylic acids is 1. The summed E-state index contributed by atoms with van der Waals surface area (Å²) in [7, 11) is 0. The van der Waals surface area contributed by atoms with E-state index >= 15 is 0 Å². The maximum atomic E-state index is 8.58. The summed E-state index contributed by atoms with van der Waals surface area (Å²) in [5.41, 5.74) is 4.17. The van der Waals surface area contributed by atoms with Gasteiger partial charge >= 0.3 is 0 Å². The predicted molar refractivity (Wildman–Crippen MR) is 33.3 cm³/mol. The third-order valence-electron chi connectivity index (χ3n) is 1.39. The van der Waals surface area contributed by atoms with Crippen LogP contribution in [-0.4, -0.2) is 6.41 Å². The summed E-state index contributed by atoms with van der Waals surface area (Å²) < 4.78 is 0. The smallest absolute Gasteiger partial charge is 0.204 e. The van der Waals surface area contributed by atoms with E-state index in [2.05, 4.69) is 12.7 Å². The van der Waals surface area contributed by atoms with Crippen molar-refractivity contribution >= 4 is 6.41 Å². The molecule has 0 aliphatic heterocycles. The molecule has 2 heteroatoms. The fourth-order valence-electron chi connectivity index (χ4n) is 0.612. The van der Waals surface area contributed by atoms with E-state index in [4.69, 9.17) is 4.79 Å². The topological polar surface area (TPSA) is 43.1 Å². The molecule has 1 fully saturated rings. The maximum Gasteiger partial charge on any atom is 0.204 e. The number of carbonyl (C=O) groups is 1. The van der Waals surface area contributed by atoms with Gasteiger partial charge in [0, 0.05) is 0 Å². The minimum absolute atomic E-state index is 0.250. The van der Waals surface area contributed by atoms with Gasteiger partial charge in [-0.3, -0.25) is 4.79 Å². The largest absolute Gasteiger partial charge is 0.372 e. The van der Waals surface area contributed by atoms with Gasteiger partial charge in [-0.2, -0.15) is 0 Å². The Morgan fingerprint density at radius 2 is 1.88 bits per heavy atom. The second-order valence-electron chi connectivity index (χ2n) is 2.17. The molecule has 2 nitrogen and oxygen atoms in total. The molecule has 0 aromatic carbocycles. The molecule has 1 saturated carbocycles. The van der Waals surface area contributed by atoms with Gasteiger partial charge < -0.3 is 5.73 Å². The Morgan fingerprint density at radius 3 is 1.88 bits per heavy atom. The molecule has 0 aromatic heterocycles. The van der Waals surface area contributed by atoms with Gasteiger partial charge in [0.15, 0.2) is 0 Å². The van der Waals surface area contributed by atoms with Gasteiger partial charge in [0.1, 0.15) is 0 Å². The molecule has 0 saturated heterocycles. The van der Waals surface area contributed by atoms with Crippen LogP contribution in [0.1, 0.15) is 26.2 Å². The number of hydrogen-bond donors (Lipinski definition) is 1. The third kappa shape index (κ3) is 3.65. The van der Waals surface area contributed by atoms with Crippen molar-refractivity contribution < 1.29 is 4.79 Å². The van der Waals surface area contributed by atoms with Gasteiger partial charge in [-0.15, -0.1) is 0 Å². The molecule has 0 bridgehead atoms. The van der Waals surface area contributed by atoms with Gasteiger partial charge in [0.05, 0.1) is 0 Å². The Balaban J connectivity index is 0.000000145. The molecule has 0 heterocycles. The Labute approximate surface area is 50.1 Å². The third-order valence-corrected chi connectivity index (χ3v) is 1.39. The maximum absolute atomic E-state index is 8.58. The lowest BCUT2D eigenvalue weighted by atomic mass is 9.88. The van der Waals surface area contributed by atoms with Crippen LogP contribution < -0.4 is 5.73 Å². The van der Waals surface area contributed by atoms with Crippen LogP contribution in [0.3, 0.4) is 0 Å². The lowest BCUT2D eigenvalue weighted by Crippen LogP contribution is -2.04. The van der Waals surface area contributed by atoms with E-state index < -0.39 is 0 Å². The van der Waals surface area contributed by atoms with Crippen molar-refractivity contribution in [1.82, 2.24) is 0 Å². The zero-order valence-corrected chi connectivity index (χ0v) is 5.26. The van der Waals surface area contributed by atoms with Crippen LogP contribution in [0, 0.1) is 5.92 Å². The van der Waals surface area contributed by atoms with Gasteiger partial charge in [-0.05, 0) is 5.92 Å². The summed E-state index contributed by atoms with van der Waals surface area (Å²) in [6.07, 6.45) is 4.71. The van der Waals surface area contributed by atoms with E-state index in [1.165, 1.54) is 19.3 Å². The highest BCUT2D eigenvalue weighted by Gasteiger charge is 2.09. The van der Waals surface area contributed by atoms with E-state index in [0.717, 1.165) is 5.92 Å². The Bertz CT molecular complexity index is 59.5. The zero-order valence-electron chi connectivity index (χ0n) is 5.26. The van der Waals surface area contributed by atoms with Crippen molar-refractivity contribution in [3.8, 4) is 0 Å². The van der Waals surface area contributed by atoms with E-state index in [1.54, 1.807) is 0 Å². The second-order valence-corrected chi connectivity index (χ2v) is 2.17. The Hall–Kier alpha value is -0.530. The molecule has 48 valence electrons. The highest BCUT2D eigenvalue weighted by atomic mass is 16.1. The highest BCUT2D eigenvalue weighted by molar-refractivity contribution is 5.42. The summed E-state index contributed by atoms with van der Waals surface area (Å²) in [6, 6.07) is 0. The van der Waals surface area contributed by atoms with Crippen LogP contribution in [0.5, 0.6) is 0 Å². The first kappa shape index (κ1) is 7.47. The van der Waals surface area contributed by atoms with E-state index in [1.807, 2.05) is 0 Å². The molecule has 1 rings (SSSR count). The number of hydrogen-bond acceptors (Lipinski definition) is 1. The summed E-state index contributed by atoms with van der Waals surface area (Å²) in [4.78, 5) is 8.58. The molecule has 2 N–H and O–H groups in total. The summed E-state index contributed by atoms with van der Waals surface area (Å²) in [5.74, 6) is 1.06. The van der Waals surface area contributed by atoms with Crippen LogP contribution in [0.4, 0.5) is 0 Å². The summed E-state index contributed by atoms with van der Waals surface area (Å²) >= 11 is 0. The first-order valence-corrected chi connectivity index (χ1v) is 2.96. The number of primary amides is 1. The van der Waals surface area contributed by atoms with Crippen molar-refractivity contribution in [3.63, 3.8) is 0 Å². The fraction of sp³-hybridized carbons (Fsp3) is 0.833. The number of nitrogens with two attached hydrogens (primary N) is 1. The van der Waals surface area contributed by atoms with Crippen LogP contribution in [-0.2, 0) is 4.79 Å². The molecular weight excluding hydrogens is 102 g/mol. The molecule has 0 aromatic rings.